The van der Waals surface area contributed by atoms with Crippen molar-refractivity contribution in [2.24, 2.45) is 9.98 Å². The molecule has 1 amide bonds. The Kier molecular flexibility index (Phi) is 6.91. The molecule has 0 unspecified atom stereocenters. The number of rotatable bonds is 5. The molecular formula is C25H19F3N6O2. The van der Waals surface area contributed by atoms with Crippen LogP contribution in [0.5, 0.6) is 5.75 Å². The molecule has 1 aliphatic heterocycles. The molecular weight excluding hydrogens is 473 g/mol. The van der Waals surface area contributed by atoms with E-state index in [0.29, 0.717) is 5.56 Å². The van der Waals surface area contributed by atoms with E-state index in [1.807, 2.05) is 0 Å². The maximum Gasteiger partial charge on any atom is 0.416 e. The number of halogens is 3. The van der Waals surface area contributed by atoms with Gasteiger partial charge >= 0.3 is 6.18 Å². The van der Waals surface area contributed by atoms with Gasteiger partial charge < -0.3 is 15.4 Å². The van der Waals surface area contributed by atoms with E-state index in [9.17, 15) is 18.0 Å². The number of carbonyl (C=O) groups is 1. The zero-order chi connectivity index (χ0) is 25.7. The summed E-state index contributed by atoms with van der Waals surface area (Å²) in [5, 5.41) is 13.6. The minimum atomic E-state index is -4.53. The molecule has 11 heteroatoms. The summed E-state index contributed by atoms with van der Waals surface area (Å²) < 4.78 is 44.9. The average molecular weight is 492 g/mol. The first-order valence-electron chi connectivity index (χ1n) is 10.6. The van der Waals surface area contributed by atoms with Crippen LogP contribution in [0.25, 0.3) is 0 Å². The van der Waals surface area contributed by atoms with Crippen molar-refractivity contribution in [2.75, 3.05) is 12.4 Å². The number of nitrogens with zero attached hydrogens (tertiary/aromatic N) is 3. The molecule has 0 fully saturated rings. The van der Waals surface area contributed by atoms with Gasteiger partial charge in [0.1, 0.15) is 5.75 Å². The fourth-order valence-corrected chi connectivity index (χ4v) is 3.22. The van der Waals surface area contributed by atoms with Crippen LogP contribution in [-0.2, 0) is 6.18 Å². The second kappa shape index (κ2) is 10.2. The number of ether oxygens (including phenoxy) is 1. The Morgan fingerprint density at radius 1 is 1.03 bits per heavy atom. The molecule has 3 aromatic rings. The van der Waals surface area contributed by atoms with Gasteiger partial charge in [0.2, 0.25) is 5.90 Å². The zero-order valence-electron chi connectivity index (χ0n) is 18.8. The third-order valence-corrected chi connectivity index (χ3v) is 4.90. The van der Waals surface area contributed by atoms with Gasteiger partial charge in [-0.25, -0.2) is 4.99 Å². The van der Waals surface area contributed by atoms with Crippen LogP contribution >= 0.6 is 0 Å². The summed E-state index contributed by atoms with van der Waals surface area (Å²) in [6.45, 7) is 0. The predicted molar refractivity (Wildman–Crippen MR) is 130 cm³/mol. The normalized spacial score (nSPS) is 14.7. The number of amides is 1. The van der Waals surface area contributed by atoms with E-state index in [-0.39, 0.29) is 40.1 Å². The molecule has 1 aromatic heterocycles. The summed E-state index contributed by atoms with van der Waals surface area (Å²) in [6, 6.07) is 13.8. The molecule has 0 bridgehead atoms. The van der Waals surface area contributed by atoms with Crippen LogP contribution in [0.15, 0.2) is 94.8 Å². The van der Waals surface area contributed by atoms with Crippen LogP contribution in [0.2, 0.25) is 0 Å². The van der Waals surface area contributed by atoms with Crippen LogP contribution in [0.4, 0.5) is 18.9 Å². The lowest BCUT2D eigenvalue weighted by Gasteiger charge is -2.17. The van der Waals surface area contributed by atoms with Crippen LogP contribution in [-0.4, -0.2) is 35.5 Å². The Labute approximate surface area is 203 Å². The Morgan fingerprint density at radius 3 is 2.50 bits per heavy atom. The van der Waals surface area contributed by atoms with Crippen molar-refractivity contribution in [1.29, 1.82) is 5.41 Å². The second-order valence-corrected chi connectivity index (χ2v) is 7.45. The van der Waals surface area contributed by atoms with Gasteiger partial charge in [-0.1, -0.05) is 12.1 Å². The number of hydrogen-bond acceptors (Lipinski definition) is 6. The van der Waals surface area contributed by atoms with E-state index < -0.39 is 17.6 Å². The SMILES string of the molecule is CN/C=C1\C(=N)N=C(c2ccncc2)N=C1Oc1cccc(C(=O)Nc2cccc(C(F)(F)F)c2)c1. The molecule has 8 nitrogen and oxygen atoms in total. The summed E-state index contributed by atoms with van der Waals surface area (Å²) in [7, 11) is 1.65. The quantitative estimate of drug-likeness (QED) is 0.481. The third kappa shape index (κ3) is 5.63. The highest BCUT2D eigenvalue weighted by molar-refractivity contribution is 6.30. The smallest absolute Gasteiger partial charge is 0.416 e. The lowest BCUT2D eigenvalue weighted by Crippen LogP contribution is -2.26. The Balaban J connectivity index is 1.58. The number of hydrogen-bond donors (Lipinski definition) is 3. The summed E-state index contributed by atoms with van der Waals surface area (Å²) >= 11 is 0. The van der Waals surface area contributed by atoms with Gasteiger partial charge in [0.05, 0.1) is 11.1 Å². The number of alkyl halides is 3. The molecule has 0 radical (unpaired) electrons. The van der Waals surface area contributed by atoms with Crippen molar-refractivity contribution in [2.45, 2.75) is 6.18 Å². The van der Waals surface area contributed by atoms with E-state index in [4.69, 9.17) is 10.1 Å². The Bertz CT molecular complexity index is 1400. The monoisotopic (exact) mass is 492 g/mol. The highest BCUT2D eigenvalue weighted by Crippen LogP contribution is 2.31. The molecule has 0 saturated heterocycles. The number of anilines is 1. The standard InChI is InChI=1S/C25H19F3N6O2/c1-30-14-20-21(29)33-22(15-8-10-31-11-9-15)34-24(20)36-19-7-2-4-16(12-19)23(35)32-18-6-3-5-17(13-18)25(26,27)28/h2-14,29-30H,1H3,(H,32,35)/b20-14+,29-21?. The van der Waals surface area contributed by atoms with Gasteiger partial charge in [0, 0.05) is 42.5 Å². The van der Waals surface area contributed by atoms with Crippen molar-refractivity contribution in [3.63, 3.8) is 0 Å². The number of pyridine rings is 1. The second-order valence-electron chi connectivity index (χ2n) is 7.45. The molecule has 0 saturated carbocycles. The summed E-state index contributed by atoms with van der Waals surface area (Å²) in [5.74, 6) is -0.144. The molecule has 0 atom stereocenters. The molecule has 3 N–H and O–H groups in total. The van der Waals surface area contributed by atoms with E-state index >= 15 is 0 Å². The van der Waals surface area contributed by atoms with Crippen LogP contribution < -0.4 is 15.4 Å². The minimum Gasteiger partial charge on any atom is -0.438 e. The average Bonchev–Trinajstić information content (AvgIpc) is 2.86. The lowest BCUT2D eigenvalue weighted by atomic mass is 10.1. The van der Waals surface area contributed by atoms with Crippen LogP contribution in [0.1, 0.15) is 21.5 Å². The highest BCUT2D eigenvalue weighted by atomic mass is 19.4. The van der Waals surface area contributed by atoms with E-state index in [1.54, 1.807) is 43.7 Å². The largest absolute Gasteiger partial charge is 0.438 e. The number of aliphatic imine (C=N–C) groups is 2. The molecule has 36 heavy (non-hydrogen) atoms. The van der Waals surface area contributed by atoms with Crippen molar-refractivity contribution in [1.82, 2.24) is 10.3 Å². The van der Waals surface area contributed by atoms with Crippen molar-refractivity contribution >= 4 is 29.2 Å². The molecule has 2 aromatic carbocycles. The third-order valence-electron chi connectivity index (χ3n) is 4.90. The number of carbonyl (C=O) groups excluding carboxylic acids is 1. The highest BCUT2D eigenvalue weighted by Gasteiger charge is 2.30. The van der Waals surface area contributed by atoms with E-state index in [0.717, 1.165) is 12.1 Å². The topological polar surface area (TPSA) is 112 Å². The fourth-order valence-electron chi connectivity index (χ4n) is 3.22. The summed E-state index contributed by atoms with van der Waals surface area (Å²) in [6.07, 6.45) is 0.129. The van der Waals surface area contributed by atoms with Gasteiger partial charge in [0.15, 0.2) is 11.7 Å². The summed E-state index contributed by atoms with van der Waals surface area (Å²) in [5.41, 5.74) is 0.204. The van der Waals surface area contributed by atoms with Crippen LogP contribution in [0.3, 0.4) is 0 Å². The maximum absolute atomic E-state index is 13.0. The molecule has 0 spiro atoms. The van der Waals surface area contributed by atoms with Crippen molar-refractivity contribution in [3.8, 4) is 5.75 Å². The summed E-state index contributed by atoms with van der Waals surface area (Å²) in [4.78, 5) is 25.3. The number of nitrogens with one attached hydrogen (secondary N) is 3. The molecule has 182 valence electrons. The number of amidine groups is 2. The maximum atomic E-state index is 13.0. The van der Waals surface area contributed by atoms with Gasteiger partial charge in [-0.2, -0.15) is 18.2 Å². The molecule has 4 rings (SSSR count). The first-order valence-corrected chi connectivity index (χ1v) is 10.6. The first-order chi connectivity index (χ1) is 17.2. The predicted octanol–water partition coefficient (Wildman–Crippen LogP) is 4.67. The minimum absolute atomic E-state index is 0.00342. The van der Waals surface area contributed by atoms with E-state index in [2.05, 4.69) is 25.6 Å². The first kappa shape index (κ1) is 24.3. The van der Waals surface area contributed by atoms with Gasteiger partial charge in [-0.05, 0) is 48.5 Å². The number of benzene rings is 2. The van der Waals surface area contributed by atoms with Crippen molar-refractivity contribution in [3.05, 3.63) is 102 Å². The Hall–Kier alpha value is -4.80. The number of aromatic nitrogens is 1. The Morgan fingerprint density at radius 2 is 1.78 bits per heavy atom. The van der Waals surface area contributed by atoms with Gasteiger partial charge in [0.25, 0.3) is 5.91 Å². The lowest BCUT2D eigenvalue weighted by molar-refractivity contribution is -0.137. The van der Waals surface area contributed by atoms with Crippen molar-refractivity contribution < 1.29 is 22.7 Å². The van der Waals surface area contributed by atoms with E-state index in [1.165, 1.54) is 30.5 Å². The van der Waals surface area contributed by atoms with Gasteiger partial charge in [-0.3, -0.25) is 15.2 Å². The molecule has 0 aliphatic carbocycles. The fraction of sp³-hybridized carbons (Fsp3) is 0.0800. The zero-order valence-corrected chi connectivity index (χ0v) is 18.8. The van der Waals surface area contributed by atoms with Gasteiger partial charge in [-0.15, -0.1) is 0 Å². The van der Waals surface area contributed by atoms with Crippen LogP contribution in [0, 0.1) is 5.41 Å². The molecule has 2 heterocycles. The molecule has 1 aliphatic rings.